The SMILES string of the molecule is C.C.C=Cc1ccc(-c2ccc3c(c2)CC3)cc1.C=Cc1ccc(-c2ccc3c(c2)c2cc(-c4ccc(N(c5ccccc5)c5ccccc5)cc4)ccc2n3-c2ccccc2)cc1.CCC(CC(C)c1ccc(-c2ccc3c(c2)c2cc(-c4ccc(N(c5ccccc5)c5ccccc5)cc4)ccc2n3-c2ccccc2)cc1)c1ccc(-c2ccc3c(c2)CC3)cc1.[B][B]. The van der Waals surface area contributed by atoms with E-state index < -0.39 is 0 Å². The lowest BCUT2D eigenvalue weighted by Gasteiger charge is -2.25. The van der Waals surface area contributed by atoms with E-state index in [0.717, 1.165) is 63.9 Å². The fourth-order valence-corrected chi connectivity index (χ4v) is 18.7. The highest BCUT2D eigenvalue weighted by Gasteiger charge is 2.23. The average molecular weight is 1670 g/mol. The van der Waals surface area contributed by atoms with Gasteiger partial charge >= 0.3 is 0 Å². The van der Waals surface area contributed by atoms with Crippen LogP contribution in [0.2, 0.25) is 0 Å². The second-order valence-electron chi connectivity index (χ2n) is 33.5. The summed E-state index contributed by atoms with van der Waals surface area (Å²) in [5, 5.41) is 4.98. The third-order valence-electron chi connectivity index (χ3n) is 25.9. The highest BCUT2D eigenvalue weighted by Crippen LogP contribution is 2.45. The first-order valence-corrected chi connectivity index (χ1v) is 44.7. The van der Waals surface area contributed by atoms with Crippen molar-refractivity contribution >= 4 is 105 Å². The zero-order valence-electron chi connectivity index (χ0n) is 72.5. The number of aryl methyl sites for hydroxylation is 4. The number of para-hydroxylation sites is 6. The van der Waals surface area contributed by atoms with Crippen LogP contribution in [-0.4, -0.2) is 24.6 Å². The molecule has 4 nitrogen and oxygen atoms in total. The van der Waals surface area contributed by atoms with Gasteiger partial charge in [-0.3, -0.25) is 0 Å². The smallest absolute Gasteiger partial charge is 0.0541 e. The summed E-state index contributed by atoms with van der Waals surface area (Å²) in [5.41, 5.74) is 40.0. The average Bonchev–Trinajstić information content (AvgIpc) is 1.59. The standard InChI is InChI=1S/C62H52N2.C44H32N2.C16H14.2CH4.B2/c1-3-44(46-23-25-47(26-24-46)51-29-27-48-28-30-52(48)40-51)39-43(2)45-19-21-49(22-20-45)53-33-37-61-59(41-53)60-42-54(34-38-62(60)64(61)57-17-11-6-12-18-57)50-31-35-58(36-32-50)63(55-13-7-4-8-14-55)56-15-9-5-10-16-56;1-2-32-18-20-33(21-19-32)35-24-28-43-41(30-35)42-31-36(25-29-44(42)46(43)39-16-10-5-11-17-39)34-22-26-40(27-23-34)45(37-12-6-3-7-13-37)38-14-8-4-9-15-38;1-2-12-3-5-13(6-4-12)15-9-7-14-8-10-16(14)11-15;;;1-2/h4-27,29,31-38,40-44H,3,28,30,39H2,1-2H3;2-31H,1H2;2-7,9,11H,1,8,10H2;2*1H4;. The van der Waals surface area contributed by atoms with E-state index >= 15 is 0 Å². The summed E-state index contributed by atoms with van der Waals surface area (Å²) >= 11 is 0. The maximum absolute atomic E-state index is 4.00. The molecule has 628 valence electrons. The molecule has 0 bridgehead atoms. The number of hydrogen-bond acceptors (Lipinski definition) is 2. The molecule has 0 spiro atoms. The second-order valence-corrected chi connectivity index (χ2v) is 33.5. The van der Waals surface area contributed by atoms with Crippen molar-refractivity contribution in [2.45, 2.75) is 79.1 Å². The van der Waals surface area contributed by atoms with Gasteiger partial charge in [-0.25, -0.2) is 0 Å². The van der Waals surface area contributed by atoms with Crippen LogP contribution in [0.5, 0.6) is 0 Å². The predicted molar refractivity (Wildman–Crippen MR) is 562 cm³/mol. The Kier molecular flexibility index (Phi) is 26.6. The highest BCUT2D eigenvalue weighted by molar-refractivity contribution is 6.75. The quantitative estimate of drug-likeness (QED) is 0.0667. The molecule has 18 aromatic carbocycles. The first-order valence-electron chi connectivity index (χ1n) is 44.7. The van der Waals surface area contributed by atoms with E-state index in [1.54, 1.807) is 0 Å². The fraction of sp³-hybridized carbons (Fsp3) is 0.0968. The molecular weight excluding hydrogens is 1570 g/mol. The number of aromatic nitrogens is 2. The van der Waals surface area contributed by atoms with Crippen LogP contribution in [0, 0.1) is 0 Å². The zero-order valence-corrected chi connectivity index (χ0v) is 72.5. The van der Waals surface area contributed by atoms with E-state index in [9.17, 15) is 0 Å². The van der Waals surface area contributed by atoms with Gasteiger partial charge in [0.05, 0.1) is 22.1 Å². The lowest BCUT2D eigenvalue weighted by molar-refractivity contribution is 0.544. The molecule has 0 saturated heterocycles. The molecule has 0 N–H and O–H groups in total. The van der Waals surface area contributed by atoms with E-state index in [2.05, 4.69) is 498 Å². The maximum Gasteiger partial charge on any atom is 0.0541 e. The molecule has 22 rings (SSSR count). The van der Waals surface area contributed by atoms with Crippen LogP contribution in [0.25, 0.3) is 134 Å². The van der Waals surface area contributed by atoms with Gasteiger partial charge in [0.1, 0.15) is 0 Å². The molecule has 2 aliphatic carbocycles. The van der Waals surface area contributed by atoms with Gasteiger partial charge in [-0.2, -0.15) is 0 Å². The first-order chi connectivity index (χ1) is 63.2. The molecule has 2 aromatic heterocycles. The summed E-state index contributed by atoms with van der Waals surface area (Å²) in [6, 6.07) is 159. The summed E-state index contributed by atoms with van der Waals surface area (Å²) < 4.78 is 4.78. The number of benzene rings is 18. The van der Waals surface area contributed by atoms with E-state index in [4.69, 9.17) is 0 Å². The van der Waals surface area contributed by atoms with Crippen molar-refractivity contribution in [3.8, 4) is 78.1 Å². The Hall–Kier alpha value is -15.2. The van der Waals surface area contributed by atoms with Crippen LogP contribution >= 0.6 is 0 Å². The topological polar surface area (TPSA) is 16.3 Å². The van der Waals surface area contributed by atoms with E-state index in [0.29, 0.717) is 11.8 Å². The van der Waals surface area contributed by atoms with E-state index in [1.807, 2.05) is 12.2 Å². The molecule has 2 unspecified atom stereocenters. The van der Waals surface area contributed by atoms with Gasteiger partial charge in [0.15, 0.2) is 0 Å². The van der Waals surface area contributed by atoms with Crippen LogP contribution in [-0.2, 0) is 25.7 Å². The number of rotatable bonds is 21. The Morgan fingerprint density at radius 1 is 0.269 bits per heavy atom. The molecule has 20 aromatic rings. The third kappa shape index (κ3) is 18.1. The lowest BCUT2D eigenvalue weighted by atomic mass is 9.81. The van der Waals surface area contributed by atoms with Gasteiger partial charge in [0.25, 0.3) is 0 Å². The molecule has 6 heteroatoms. The van der Waals surface area contributed by atoms with Gasteiger partial charge in [0, 0.05) is 82.5 Å². The van der Waals surface area contributed by atoms with Crippen molar-refractivity contribution in [1.82, 2.24) is 9.13 Å². The van der Waals surface area contributed by atoms with Crippen molar-refractivity contribution in [3.63, 3.8) is 0 Å². The molecule has 0 aliphatic heterocycles. The third-order valence-corrected chi connectivity index (χ3v) is 25.9. The van der Waals surface area contributed by atoms with Crippen molar-refractivity contribution in [2.75, 3.05) is 9.80 Å². The lowest BCUT2D eigenvalue weighted by Crippen LogP contribution is -2.09. The maximum atomic E-state index is 4.00. The van der Waals surface area contributed by atoms with E-state index in [1.165, 1.54) is 175 Å². The minimum absolute atomic E-state index is 0. The van der Waals surface area contributed by atoms with Crippen LogP contribution in [0.3, 0.4) is 0 Å². The van der Waals surface area contributed by atoms with Gasteiger partial charge in [-0.05, 0) is 307 Å². The number of nitrogens with zero attached hydrogens (tertiary/aromatic N) is 4. The zero-order chi connectivity index (χ0) is 86.8. The van der Waals surface area contributed by atoms with Crippen LogP contribution in [0.15, 0.2) is 450 Å². The molecule has 4 radical (unpaired) electrons. The summed E-state index contributed by atoms with van der Waals surface area (Å²) in [6.07, 6.45) is 11.0. The number of anilines is 6. The molecule has 130 heavy (non-hydrogen) atoms. The van der Waals surface area contributed by atoms with Crippen LogP contribution in [0.1, 0.15) is 97.9 Å². The van der Waals surface area contributed by atoms with Crippen LogP contribution < -0.4 is 9.80 Å². The summed E-state index contributed by atoms with van der Waals surface area (Å²) in [5.74, 6) is 0.969. The van der Waals surface area contributed by atoms with Crippen molar-refractivity contribution in [3.05, 3.63) is 494 Å². The molecule has 2 heterocycles. The number of fused-ring (bicyclic) bond motifs is 8. The van der Waals surface area contributed by atoms with Gasteiger partial charge in [0.2, 0.25) is 0 Å². The second kappa shape index (κ2) is 39.8. The number of hydrogen-bond donors (Lipinski definition) is 0. The first kappa shape index (κ1) is 86.9. The largest absolute Gasteiger partial charge is 0.311 e. The minimum Gasteiger partial charge on any atom is -0.311 e. The van der Waals surface area contributed by atoms with E-state index in [-0.39, 0.29) is 14.9 Å². The van der Waals surface area contributed by atoms with Crippen molar-refractivity contribution in [1.29, 1.82) is 0 Å². The van der Waals surface area contributed by atoms with Crippen molar-refractivity contribution < 1.29 is 0 Å². The Labute approximate surface area is 770 Å². The Morgan fingerprint density at radius 3 is 0.777 bits per heavy atom. The fourth-order valence-electron chi connectivity index (χ4n) is 18.7. The monoisotopic (exact) mass is 1670 g/mol. The summed E-state index contributed by atoms with van der Waals surface area (Å²) in [6.45, 7) is 12.4. The normalized spacial score (nSPS) is 12.0. The molecule has 0 saturated carbocycles. The molecular formula is C124H106B2N4. The highest BCUT2D eigenvalue weighted by atomic mass is 15.1. The molecule has 0 amide bonds. The molecule has 2 aliphatic rings. The molecule has 0 fully saturated rings. The minimum atomic E-state index is 0. The van der Waals surface area contributed by atoms with Crippen molar-refractivity contribution in [2.24, 2.45) is 0 Å². The van der Waals surface area contributed by atoms with Gasteiger partial charge in [-0.1, -0.05) is 345 Å². The Balaban J connectivity index is 0.000000156. The van der Waals surface area contributed by atoms with Gasteiger partial charge < -0.3 is 18.9 Å². The Morgan fingerprint density at radius 2 is 0.508 bits per heavy atom. The summed E-state index contributed by atoms with van der Waals surface area (Å²) in [4.78, 5) is 4.61. The molecule has 2 atom stereocenters. The van der Waals surface area contributed by atoms with Gasteiger partial charge in [-0.15, -0.1) is 0 Å². The van der Waals surface area contributed by atoms with Crippen LogP contribution in [0.4, 0.5) is 34.1 Å². The predicted octanol–water partition coefficient (Wildman–Crippen LogP) is 33.9. The summed E-state index contributed by atoms with van der Waals surface area (Å²) in [7, 11) is 8.00. The Bertz CT molecular complexity index is 7180.